The highest BCUT2D eigenvalue weighted by molar-refractivity contribution is 7.88. The third-order valence-electron chi connectivity index (χ3n) is 5.71. The van der Waals surface area contributed by atoms with Crippen LogP contribution in [-0.4, -0.2) is 0 Å². The molecule has 0 nitrogen and oxygen atoms in total. The van der Waals surface area contributed by atoms with E-state index in [1.165, 1.54) is 32.9 Å². The van der Waals surface area contributed by atoms with E-state index in [4.69, 9.17) is 0 Å². The minimum Gasteiger partial charge on any atom is -1.00 e. The minimum atomic E-state index is -1.60. The first-order valence-corrected chi connectivity index (χ1v) is 11.7. The highest BCUT2D eigenvalue weighted by Gasteiger charge is 2.45. The summed E-state index contributed by atoms with van der Waals surface area (Å²) in [7, 11) is -1.60. The number of fused-ring (bicyclic) bond motifs is 3. The molecule has 0 bridgehead atoms. The highest BCUT2D eigenvalue weighted by Crippen LogP contribution is 2.64. The molecule has 0 radical (unpaired) electrons. The van der Waals surface area contributed by atoms with Crippen molar-refractivity contribution >= 4 is 17.9 Å². The van der Waals surface area contributed by atoms with Gasteiger partial charge in [-0.1, -0.05) is 84.9 Å². The molecule has 0 saturated heterocycles. The average Bonchev–Trinajstić information content (AvgIpc) is 2.90. The lowest BCUT2D eigenvalue weighted by atomic mass is 9.97. The zero-order valence-electron chi connectivity index (χ0n) is 15.6. The van der Waals surface area contributed by atoms with Gasteiger partial charge in [0.1, 0.15) is 0 Å². The maximum atomic E-state index is 2.34. The molecule has 0 N–H and O–H groups in total. The van der Waals surface area contributed by atoms with Crippen LogP contribution in [0.25, 0.3) is 11.1 Å². The fraction of sp³-hybridized carbons (Fsp3) is 0.0769. The third kappa shape index (κ3) is 3.24. The Morgan fingerprint density at radius 2 is 0.786 bits per heavy atom. The van der Waals surface area contributed by atoms with Crippen molar-refractivity contribution in [3.8, 4) is 11.1 Å². The van der Waals surface area contributed by atoms with Gasteiger partial charge < -0.3 is 17.0 Å². The normalized spacial score (nSPS) is 14.1. The Balaban J connectivity index is 0.00000192. The molecule has 0 amide bonds. The molecule has 1 heterocycles. The zero-order valence-corrected chi connectivity index (χ0v) is 18.1. The molecule has 0 atom stereocenters. The van der Waals surface area contributed by atoms with Crippen LogP contribution in [-0.2, 0) is 12.3 Å². The predicted molar refractivity (Wildman–Crippen MR) is 118 cm³/mol. The zero-order chi connectivity index (χ0) is 18.1. The summed E-state index contributed by atoms with van der Waals surface area (Å²) in [5, 5.41) is 3.01. The molecule has 0 fully saturated rings. The van der Waals surface area contributed by atoms with E-state index in [2.05, 4.69) is 109 Å². The van der Waals surface area contributed by atoms with Crippen LogP contribution in [0.3, 0.4) is 0 Å². The van der Waals surface area contributed by atoms with Gasteiger partial charge in [0.05, 0.1) is 30.2 Å². The van der Waals surface area contributed by atoms with Gasteiger partial charge >= 0.3 is 0 Å². The molecule has 1 aliphatic rings. The van der Waals surface area contributed by atoms with E-state index in [0.717, 1.165) is 12.3 Å². The largest absolute Gasteiger partial charge is 1.00 e. The summed E-state index contributed by atoms with van der Waals surface area (Å²) in [6.45, 7) is 0. The minimum absolute atomic E-state index is 0. The smallest absolute Gasteiger partial charge is 0.0999 e. The first-order chi connectivity index (χ1) is 13.4. The number of hydrogen-bond acceptors (Lipinski definition) is 0. The van der Waals surface area contributed by atoms with E-state index < -0.39 is 7.26 Å². The Hall–Kier alpha value is -2.21. The molecule has 0 unspecified atom stereocenters. The molecular formula is C26H22BrP. The van der Waals surface area contributed by atoms with Gasteiger partial charge in [-0.15, -0.1) is 0 Å². The molecule has 0 aliphatic carbocycles. The Morgan fingerprint density at radius 3 is 1.21 bits per heavy atom. The first kappa shape index (κ1) is 19.1. The van der Waals surface area contributed by atoms with Gasteiger partial charge in [-0.3, -0.25) is 0 Å². The summed E-state index contributed by atoms with van der Waals surface area (Å²) in [6.07, 6.45) is 2.23. The molecule has 0 spiro atoms. The van der Waals surface area contributed by atoms with Gasteiger partial charge in [0.25, 0.3) is 0 Å². The van der Waals surface area contributed by atoms with Gasteiger partial charge in [-0.2, -0.15) is 0 Å². The third-order valence-corrected chi connectivity index (χ3v) is 10.0. The van der Waals surface area contributed by atoms with Crippen molar-refractivity contribution in [1.29, 1.82) is 0 Å². The van der Waals surface area contributed by atoms with Gasteiger partial charge in [-0.25, -0.2) is 0 Å². The highest BCUT2D eigenvalue weighted by atomic mass is 79.9. The van der Waals surface area contributed by atoms with Crippen molar-refractivity contribution in [2.45, 2.75) is 12.3 Å². The van der Waals surface area contributed by atoms with Crippen molar-refractivity contribution in [2.75, 3.05) is 0 Å². The summed E-state index contributed by atoms with van der Waals surface area (Å²) < 4.78 is 0. The first-order valence-electron chi connectivity index (χ1n) is 9.51. The Labute approximate surface area is 178 Å². The maximum Gasteiger partial charge on any atom is 0.0999 e. The van der Waals surface area contributed by atoms with E-state index in [1.54, 1.807) is 0 Å². The van der Waals surface area contributed by atoms with E-state index in [1.807, 2.05) is 0 Å². The molecule has 28 heavy (non-hydrogen) atoms. The quantitative estimate of drug-likeness (QED) is 0.417. The second-order valence-corrected chi connectivity index (χ2v) is 10.9. The standard InChI is InChI=1S/C26H22P.BrH/c1-3-13-23(14-4-1)27(24-15-5-2-6-16-24)19-21-11-7-9-17-25(21)26-18-10-8-12-22(26)20-27;/h1-18H,19-20H2;1H/q+1;/p-1. The van der Waals surface area contributed by atoms with Gasteiger partial charge in [0.2, 0.25) is 0 Å². The summed E-state index contributed by atoms with van der Waals surface area (Å²) in [6, 6.07) is 40.4. The SMILES string of the molecule is [Br-].c1ccc([P+]2(c3ccccc3)Cc3ccccc3-c3ccccc3C2)cc1. The molecule has 1 aliphatic heterocycles. The second-order valence-electron chi connectivity index (χ2n) is 7.27. The topological polar surface area (TPSA) is 0 Å². The van der Waals surface area contributed by atoms with Crippen LogP contribution in [0.15, 0.2) is 109 Å². The van der Waals surface area contributed by atoms with Crippen LogP contribution in [0.5, 0.6) is 0 Å². The summed E-state index contributed by atoms with van der Waals surface area (Å²) >= 11 is 0. The average molecular weight is 445 g/mol. The summed E-state index contributed by atoms with van der Waals surface area (Å²) in [4.78, 5) is 0. The summed E-state index contributed by atoms with van der Waals surface area (Å²) in [5.41, 5.74) is 5.76. The summed E-state index contributed by atoms with van der Waals surface area (Å²) in [5.74, 6) is 0. The molecule has 138 valence electrons. The van der Waals surface area contributed by atoms with Gasteiger partial charge in [0.15, 0.2) is 0 Å². The number of benzene rings is 4. The van der Waals surface area contributed by atoms with Crippen LogP contribution in [0, 0.1) is 0 Å². The van der Waals surface area contributed by atoms with Crippen molar-refractivity contribution in [2.24, 2.45) is 0 Å². The molecule has 5 rings (SSSR count). The van der Waals surface area contributed by atoms with Crippen molar-refractivity contribution in [1.82, 2.24) is 0 Å². The number of halogens is 1. The Morgan fingerprint density at radius 1 is 0.429 bits per heavy atom. The number of hydrogen-bond donors (Lipinski definition) is 0. The van der Waals surface area contributed by atoms with E-state index in [-0.39, 0.29) is 17.0 Å². The molecule has 0 saturated carbocycles. The lowest BCUT2D eigenvalue weighted by molar-refractivity contribution is -0.00000523. The molecule has 0 aromatic heterocycles. The van der Waals surface area contributed by atoms with E-state index >= 15 is 0 Å². The second kappa shape index (κ2) is 8.03. The molecule has 4 aromatic carbocycles. The maximum absolute atomic E-state index is 2.34. The van der Waals surface area contributed by atoms with Crippen LogP contribution in [0.1, 0.15) is 11.1 Å². The fourth-order valence-electron chi connectivity index (χ4n) is 4.42. The van der Waals surface area contributed by atoms with Crippen LogP contribution in [0.2, 0.25) is 0 Å². The molecule has 4 aromatic rings. The van der Waals surface area contributed by atoms with E-state index in [0.29, 0.717) is 0 Å². The van der Waals surface area contributed by atoms with Crippen LogP contribution < -0.4 is 27.6 Å². The lowest BCUT2D eigenvalue weighted by Gasteiger charge is -2.27. The van der Waals surface area contributed by atoms with Crippen LogP contribution in [0.4, 0.5) is 0 Å². The monoisotopic (exact) mass is 444 g/mol. The van der Waals surface area contributed by atoms with E-state index in [9.17, 15) is 0 Å². The fourth-order valence-corrected chi connectivity index (χ4v) is 8.76. The van der Waals surface area contributed by atoms with Crippen molar-refractivity contribution in [3.63, 3.8) is 0 Å². The predicted octanol–water partition coefficient (Wildman–Crippen LogP) is 3.04. The van der Waals surface area contributed by atoms with Crippen molar-refractivity contribution in [3.05, 3.63) is 120 Å². The van der Waals surface area contributed by atoms with Gasteiger partial charge in [-0.05, 0) is 46.5 Å². The Kier molecular flexibility index (Phi) is 5.49. The number of rotatable bonds is 2. The van der Waals surface area contributed by atoms with Crippen molar-refractivity contribution < 1.29 is 17.0 Å². The molecular weight excluding hydrogens is 423 g/mol. The molecule has 2 heteroatoms. The Bertz CT molecular complexity index is 985. The lowest BCUT2D eigenvalue weighted by Crippen LogP contribution is -3.00. The van der Waals surface area contributed by atoms with Crippen LogP contribution >= 0.6 is 7.26 Å². The van der Waals surface area contributed by atoms with Gasteiger partial charge in [0, 0.05) is 0 Å².